The van der Waals surface area contributed by atoms with Gasteiger partial charge in [0.25, 0.3) is 10.0 Å². The van der Waals surface area contributed by atoms with Crippen molar-refractivity contribution in [3.8, 4) is 0 Å². The van der Waals surface area contributed by atoms with Gasteiger partial charge in [-0.25, -0.2) is 17.9 Å². The van der Waals surface area contributed by atoms with Crippen molar-refractivity contribution in [2.24, 2.45) is 0 Å². The van der Waals surface area contributed by atoms with Crippen molar-refractivity contribution in [2.45, 2.75) is 18.7 Å². The maximum Gasteiger partial charge on any atom is 0.333 e. The van der Waals surface area contributed by atoms with Crippen LogP contribution < -0.4 is 10.0 Å². The summed E-state index contributed by atoms with van der Waals surface area (Å²) in [6, 6.07) is 1.03. The minimum atomic E-state index is -3.76. The smallest absolute Gasteiger partial charge is 0.305 e. The topological polar surface area (TPSA) is 75.3 Å². The lowest BCUT2D eigenvalue weighted by molar-refractivity contribution is 0.256. The second kappa shape index (κ2) is 3.46. The molecule has 2 N–H and O–H groups in total. The Kier molecular flexibility index (Phi) is 2.47. The van der Waals surface area contributed by atoms with Gasteiger partial charge in [0.05, 0.1) is 5.69 Å². The Hall–Kier alpha value is -1.08. The Bertz CT molecular complexity index is 595. The molecule has 1 aromatic rings. The number of carbonyl (C=O) groups excluding carboxylic acids is 1. The van der Waals surface area contributed by atoms with Crippen molar-refractivity contribution in [3.63, 3.8) is 0 Å². The van der Waals surface area contributed by atoms with Crippen LogP contribution in [0.5, 0.6) is 0 Å². The van der Waals surface area contributed by atoms with Crippen LogP contribution in [0.15, 0.2) is 15.4 Å². The number of sulfonamides is 1. The summed E-state index contributed by atoms with van der Waals surface area (Å²) >= 11 is 3.24. The Labute approximate surface area is 101 Å². The second-order valence-corrected chi connectivity index (χ2v) is 6.04. The third-order valence-electron chi connectivity index (χ3n) is 2.48. The number of benzene rings is 1. The number of carbonyl (C=O) groups is 1. The number of rotatable bonds is 0. The number of hydrogen-bond acceptors (Lipinski definition) is 3. The third kappa shape index (κ3) is 1.60. The average Bonchev–Trinajstić information content (AvgIpc) is 2.11. The molecule has 0 bridgehead atoms. The largest absolute Gasteiger partial charge is 0.333 e. The van der Waals surface area contributed by atoms with Crippen LogP contribution in [0.2, 0.25) is 0 Å². The molecule has 0 unspecified atom stereocenters. The SMILES string of the molecule is Cc1cc(Br)c2c(c1C)S(=O)(=O)NC(=O)N2. The zero-order valence-electron chi connectivity index (χ0n) is 8.59. The Balaban J connectivity index is 2.88. The van der Waals surface area contributed by atoms with E-state index < -0.39 is 16.1 Å². The number of aryl methyl sites for hydroxylation is 1. The summed E-state index contributed by atoms with van der Waals surface area (Å²) in [4.78, 5) is 11.3. The van der Waals surface area contributed by atoms with E-state index in [-0.39, 0.29) is 4.90 Å². The molecule has 1 aromatic carbocycles. The lowest BCUT2D eigenvalue weighted by Crippen LogP contribution is -2.40. The minimum absolute atomic E-state index is 0.124. The molecule has 0 atom stereocenters. The van der Waals surface area contributed by atoms with Crippen molar-refractivity contribution in [2.75, 3.05) is 5.32 Å². The molecule has 5 nitrogen and oxygen atoms in total. The van der Waals surface area contributed by atoms with Gasteiger partial charge >= 0.3 is 6.03 Å². The average molecular weight is 305 g/mol. The summed E-state index contributed by atoms with van der Waals surface area (Å²) in [6.45, 7) is 3.52. The standard InChI is InChI=1S/C9H9BrN2O3S/c1-4-3-6(10)7-8(5(4)2)16(14,15)12-9(13)11-7/h3H,1-2H3,(H2,11,12,13). The zero-order chi connectivity index (χ0) is 12.1. The van der Waals surface area contributed by atoms with E-state index in [1.807, 2.05) is 11.6 Å². The van der Waals surface area contributed by atoms with Gasteiger partial charge in [-0.1, -0.05) is 0 Å². The van der Waals surface area contributed by atoms with E-state index in [1.54, 1.807) is 13.0 Å². The molecule has 2 rings (SSSR count). The maximum atomic E-state index is 11.8. The van der Waals surface area contributed by atoms with Crippen LogP contribution >= 0.6 is 15.9 Å². The summed E-state index contributed by atoms with van der Waals surface area (Å²) in [5.74, 6) is 0. The van der Waals surface area contributed by atoms with Crippen molar-refractivity contribution in [1.29, 1.82) is 0 Å². The van der Waals surface area contributed by atoms with Crippen LogP contribution in [-0.4, -0.2) is 14.4 Å². The van der Waals surface area contributed by atoms with Crippen LogP contribution in [0.4, 0.5) is 10.5 Å². The quantitative estimate of drug-likeness (QED) is 0.768. The van der Waals surface area contributed by atoms with Crippen LogP contribution in [0.1, 0.15) is 11.1 Å². The lowest BCUT2D eigenvalue weighted by atomic mass is 10.1. The molecule has 2 amide bonds. The zero-order valence-corrected chi connectivity index (χ0v) is 11.0. The summed E-state index contributed by atoms with van der Waals surface area (Å²) in [5.41, 5.74) is 1.77. The fourth-order valence-electron chi connectivity index (χ4n) is 1.61. The molecule has 0 aliphatic carbocycles. The molecule has 16 heavy (non-hydrogen) atoms. The van der Waals surface area contributed by atoms with Gasteiger partial charge < -0.3 is 5.32 Å². The third-order valence-corrected chi connectivity index (χ3v) is 4.60. The van der Waals surface area contributed by atoms with E-state index in [0.717, 1.165) is 5.56 Å². The second-order valence-electron chi connectivity index (χ2n) is 3.56. The summed E-state index contributed by atoms with van der Waals surface area (Å²) in [7, 11) is -3.76. The molecule has 0 spiro atoms. The van der Waals surface area contributed by atoms with Gasteiger partial charge in [0, 0.05) is 4.47 Å². The number of fused-ring (bicyclic) bond motifs is 1. The van der Waals surface area contributed by atoms with Gasteiger partial charge in [-0.15, -0.1) is 0 Å². The summed E-state index contributed by atoms with van der Waals surface area (Å²) in [5, 5.41) is 2.48. The van der Waals surface area contributed by atoms with Gasteiger partial charge in [-0.05, 0) is 47.0 Å². The van der Waals surface area contributed by atoms with E-state index in [2.05, 4.69) is 21.2 Å². The first kappa shape index (κ1) is 11.4. The molecular formula is C9H9BrN2O3S. The first-order valence-corrected chi connectivity index (χ1v) is 6.74. The fourth-order valence-corrected chi connectivity index (χ4v) is 3.77. The molecule has 7 heteroatoms. The van der Waals surface area contributed by atoms with Gasteiger partial charge in [-0.2, -0.15) is 0 Å². The highest BCUT2D eigenvalue weighted by atomic mass is 79.9. The van der Waals surface area contributed by atoms with Crippen molar-refractivity contribution < 1.29 is 13.2 Å². The molecule has 1 aliphatic rings. The monoisotopic (exact) mass is 304 g/mol. The molecule has 0 radical (unpaired) electrons. The van der Waals surface area contributed by atoms with E-state index >= 15 is 0 Å². The van der Waals surface area contributed by atoms with Crippen LogP contribution in [0.3, 0.4) is 0 Å². The molecule has 0 saturated carbocycles. The Morgan fingerprint density at radius 2 is 1.94 bits per heavy atom. The highest BCUT2D eigenvalue weighted by molar-refractivity contribution is 9.10. The molecule has 1 heterocycles. The van der Waals surface area contributed by atoms with Gasteiger partial charge in [0.2, 0.25) is 0 Å². The van der Waals surface area contributed by atoms with E-state index in [0.29, 0.717) is 15.7 Å². The fraction of sp³-hybridized carbons (Fsp3) is 0.222. The van der Waals surface area contributed by atoms with Crippen LogP contribution in [0.25, 0.3) is 0 Å². The van der Waals surface area contributed by atoms with Crippen molar-refractivity contribution in [1.82, 2.24) is 4.72 Å². The number of hydrogen-bond donors (Lipinski definition) is 2. The predicted molar refractivity (Wildman–Crippen MR) is 63.0 cm³/mol. The molecule has 0 saturated heterocycles. The van der Waals surface area contributed by atoms with E-state index in [1.165, 1.54) is 0 Å². The normalized spacial score (nSPS) is 17.3. The van der Waals surface area contributed by atoms with Crippen molar-refractivity contribution >= 4 is 37.7 Å². The maximum absolute atomic E-state index is 11.8. The van der Waals surface area contributed by atoms with Crippen molar-refractivity contribution in [3.05, 3.63) is 21.7 Å². The first-order valence-electron chi connectivity index (χ1n) is 4.46. The Morgan fingerprint density at radius 1 is 1.31 bits per heavy atom. The molecule has 0 fully saturated rings. The predicted octanol–water partition coefficient (Wildman–Crippen LogP) is 1.89. The van der Waals surface area contributed by atoms with E-state index in [9.17, 15) is 13.2 Å². The summed E-state index contributed by atoms with van der Waals surface area (Å²) < 4.78 is 26.1. The molecule has 1 aliphatic heterocycles. The number of nitrogens with one attached hydrogen (secondary N) is 2. The minimum Gasteiger partial charge on any atom is -0.305 e. The van der Waals surface area contributed by atoms with Gasteiger partial charge in [0.15, 0.2) is 0 Å². The van der Waals surface area contributed by atoms with Crippen LogP contribution in [0, 0.1) is 13.8 Å². The molecule has 86 valence electrons. The number of halogens is 1. The van der Waals surface area contributed by atoms with Crippen LogP contribution in [-0.2, 0) is 10.0 Å². The molecular weight excluding hydrogens is 296 g/mol. The van der Waals surface area contributed by atoms with Gasteiger partial charge in [-0.3, -0.25) is 0 Å². The lowest BCUT2D eigenvalue weighted by Gasteiger charge is -2.22. The highest BCUT2D eigenvalue weighted by Gasteiger charge is 2.31. The van der Waals surface area contributed by atoms with Gasteiger partial charge in [0.1, 0.15) is 4.90 Å². The number of urea groups is 1. The van der Waals surface area contributed by atoms with E-state index in [4.69, 9.17) is 0 Å². The highest BCUT2D eigenvalue weighted by Crippen LogP contribution is 2.36. The number of anilines is 1. The first-order chi connectivity index (χ1) is 7.33. The molecule has 0 aromatic heterocycles. The summed E-state index contributed by atoms with van der Waals surface area (Å²) in [6.07, 6.45) is 0. The Morgan fingerprint density at radius 3 is 2.56 bits per heavy atom. The number of amides is 2.